The van der Waals surface area contributed by atoms with Crippen LogP contribution in [0.3, 0.4) is 0 Å². The molecule has 0 amide bonds. The number of nitrogens with one attached hydrogen (secondary N) is 2. The van der Waals surface area contributed by atoms with Crippen molar-refractivity contribution in [2.24, 2.45) is 16.5 Å². The minimum Gasteiger partial charge on any atom is -0.450 e. The van der Waals surface area contributed by atoms with Gasteiger partial charge in [0, 0.05) is 23.7 Å². The SMILES string of the molecule is NC1=NC(N)(c2cc(F)c(Oc3ccnc4[nH]ccc34)c(F)c2)C=C(c2ccc(F)cc2)N1. The minimum atomic E-state index is -1.68. The van der Waals surface area contributed by atoms with E-state index in [0.29, 0.717) is 22.3 Å². The standard InChI is InChI=1S/C23H17F3N6O/c24-14-3-1-12(2-4-14)18-11-23(28,32-22(27)31-18)13-9-16(25)20(17(26)10-13)33-19-6-8-30-21-15(19)5-7-29-21/h1-11H,28H2,(H,29,30)(H3,27,31,32). The Labute approximate surface area is 185 Å². The molecule has 2 aromatic carbocycles. The van der Waals surface area contributed by atoms with Gasteiger partial charge in [-0.2, -0.15) is 0 Å². The molecule has 2 aromatic heterocycles. The molecule has 1 unspecified atom stereocenters. The molecule has 1 atom stereocenters. The lowest BCUT2D eigenvalue weighted by Gasteiger charge is -2.29. The zero-order valence-electron chi connectivity index (χ0n) is 16.9. The fourth-order valence-electron chi connectivity index (χ4n) is 3.61. The lowest BCUT2D eigenvalue weighted by Crippen LogP contribution is -2.44. The molecule has 0 radical (unpaired) electrons. The van der Waals surface area contributed by atoms with Crippen LogP contribution in [0.25, 0.3) is 16.7 Å². The third kappa shape index (κ3) is 3.76. The number of aromatic nitrogens is 2. The van der Waals surface area contributed by atoms with Crippen LogP contribution in [-0.2, 0) is 5.66 Å². The highest BCUT2D eigenvalue weighted by Gasteiger charge is 2.32. The topological polar surface area (TPSA) is 114 Å². The van der Waals surface area contributed by atoms with Gasteiger partial charge in [0.15, 0.2) is 29.0 Å². The molecule has 0 bridgehead atoms. The lowest BCUT2D eigenvalue weighted by molar-refractivity contribution is 0.407. The normalized spacial score (nSPS) is 17.9. The summed E-state index contributed by atoms with van der Waals surface area (Å²) in [7, 11) is 0. The van der Waals surface area contributed by atoms with E-state index in [4.69, 9.17) is 16.2 Å². The number of nitrogens with zero attached hydrogens (tertiary/aromatic N) is 2. The van der Waals surface area contributed by atoms with Gasteiger partial charge in [0.05, 0.1) is 5.39 Å². The van der Waals surface area contributed by atoms with Gasteiger partial charge in [-0.15, -0.1) is 0 Å². The van der Waals surface area contributed by atoms with Crippen molar-refractivity contribution in [2.75, 3.05) is 0 Å². The molecule has 0 spiro atoms. The van der Waals surface area contributed by atoms with Gasteiger partial charge in [-0.3, -0.25) is 5.73 Å². The number of aromatic amines is 1. The molecule has 0 saturated carbocycles. The molecule has 3 heterocycles. The summed E-state index contributed by atoms with van der Waals surface area (Å²) < 4.78 is 48.8. The molecule has 6 N–H and O–H groups in total. The van der Waals surface area contributed by atoms with Crippen molar-refractivity contribution >= 4 is 22.7 Å². The van der Waals surface area contributed by atoms with Crippen LogP contribution in [0.4, 0.5) is 13.2 Å². The number of aliphatic imine (C=N–C) groups is 1. The van der Waals surface area contributed by atoms with Crippen LogP contribution in [0, 0.1) is 17.5 Å². The molecule has 4 aromatic rings. The zero-order valence-corrected chi connectivity index (χ0v) is 16.9. The second-order valence-corrected chi connectivity index (χ2v) is 7.43. The van der Waals surface area contributed by atoms with Crippen molar-refractivity contribution in [1.29, 1.82) is 0 Å². The van der Waals surface area contributed by atoms with Crippen LogP contribution in [0.1, 0.15) is 11.1 Å². The Bertz CT molecular complexity index is 1410. The molecule has 1 aliphatic rings. The van der Waals surface area contributed by atoms with Crippen molar-refractivity contribution in [3.8, 4) is 11.5 Å². The number of halogens is 3. The van der Waals surface area contributed by atoms with E-state index in [1.165, 1.54) is 42.6 Å². The van der Waals surface area contributed by atoms with Gasteiger partial charge in [0.1, 0.15) is 17.2 Å². The summed E-state index contributed by atoms with van der Waals surface area (Å²) in [5.74, 6) is -2.78. The van der Waals surface area contributed by atoms with Crippen LogP contribution in [-0.4, -0.2) is 15.9 Å². The number of hydrogen-bond donors (Lipinski definition) is 4. The molecule has 0 saturated heterocycles. The van der Waals surface area contributed by atoms with E-state index in [9.17, 15) is 4.39 Å². The third-order valence-corrected chi connectivity index (χ3v) is 5.18. The highest BCUT2D eigenvalue weighted by molar-refractivity contribution is 5.91. The fraction of sp³-hybridized carbons (Fsp3) is 0.0435. The van der Waals surface area contributed by atoms with E-state index >= 15 is 8.78 Å². The summed E-state index contributed by atoms with van der Waals surface area (Å²) >= 11 is 0. The molecule has 0 aliphatic carbocycles. The Morgan fingerprint density at radius 1 is 0.970 bits per heavy atom. The van der Waals surface area contributed by atoms with E-state index in [1.807, 2.05) is 0 Å². The lowest BCUT2D eigenvalue weighted by atomic mass is 9.96. The number of fused-ring (bicyclic) bond motifs is 1. The first-order chi connectivity index (χ1) is 15.8. The fourth-order valence-corrected chi connectivity index (χ4v) is 3.61. The number of H-pyrrole nitrogens is 1. The van der Waals surface area contributed by atoms with Gasteiger partial charge in [0.2, 0.25) is 0 Å². The number of guanidine groups is 1. The molecule has 10 heteroatoms. The molecule has 1 aliphatic heterocycles. The summed E-state index contributed by atoms with van der Waals surface area (Å²) in [6.07, 6.45) is 4.56. The number of nitrogens with two attached hydrogens (primary N) is 2. The van der Waals surface area contributed by atoms with E-state index in [0.717, 1.165) is 12.1 Å². The molecule has 0 fully saturated rings. The quantitative estimate of drug-likeness (QED) is 0.377. The maximum Gasteiger partial charge on any atom is 0.198 e. The zero-order chi connectivity index (χ0) is 23.2. The highest BCUT2D eigenvalue weighted by atomic mass is 19.1. The summed E-state index contributed by atoms with van der Waals surface area (Å²) in [5.41, 5.74) is 12.1. The summed E-state index contributed by atoms with van der Waals surface area (Å²) in [6, 6.07) is 10.8. The smallest absolute Gasteiger partial charge is 0.198 e. The molecule has 33 heavy (non-hydrogen) atoms. The van der Waals surface area contributed by atoms with Crippen molar-refractivity contribution in [1.82, 2.24) is 15.3 Å². The third-order valence-electron chi connectivity index (χ3n) is 5.18. The molecular formula is C23H17F3N6O. The van der Waals surface area contributed by atoms with Crippen LogP contribution >= 0.6 is 0 Å². The average Bonchev–Trinajstić information content (AvgIpc) is 3.26. The number of hydrogen-bond acceptors (Lipinski definition) is 6. The van der Waals surface area contributed by atoms with Crippen molar-refractivity contribution in [2.45, 2.75) is 5.66 Å². The van der Waals surface area contributed by atoms with Crippen LogP contribution in [0.5, 0.6) is 11.5 Å². The summed E-state index contributed by atoms with van der Waals surface area (Å²) in [6.45, 7) is 0. The maximum absolute atomic E-state index is 15.0. The van der Waals surface area contributed by atoms with E-state index < -0.39 is 28.9 Å². The first-order valence-corrected chi connectivity index (χ1v) is 9.82. The second kappa shape index (κ2) is 7.68. The largest absolute Gasteiger partial charge is 0.450 e. The van der Waals surface area contributed by atoms with Crippen molar-refractivity contribution in [3.05, 3.63) is 95.6 Å². The number of pyridine rings is 1. The number of ether oxygens (including phenoxy) is 1. The highest BCUT2D eigenvalue weighted by Crippen LogP contribution is 2.36. The van der Waals surface area contributed by atoms with Gasteiger partial charge >= 0.3 is 0 Å². The predicted molar refractivity (Wildman–Crippen MR) is 118 cm³/mol. The van der Waals surface area contributed by atoms with Gasteiger partial charge in [0.25, 0.3) is 0 Å². The van der Waals surface area contributed by atoms with E-state index in [1.54, 1.807) is 12.3 Å². The van der Waals surface area contributed by atoms with Gasteiger partial charge in [-0.1, -0.05) is 0 Å². The van der Waals surface area contributed by atoms with Gasteiger partial charge in [-0.25, -0.2) is 23.1 Å². The number of benzene rings is 2. The Balaban J connectivity index is 1.53. The van der Waals surface area contributed by atoms with Crippen LogP contribution in [0.2, 0.25) is 0 Å². The van der Waals surface area contributed by atoms with Crippen molar-refractivity contribution < 1.29 is 17.9 Å². The molecular weight excluding hydrogens is 433 g/mol. The first kappa shape index (κ1) is 20.6. The molecule has 7 nitrogen and oxygen atoms in total. The average molecular weight is 450 g/mol. The maximum atomic E-state index is 15.0. The van der Waals surface area contributed by atoms with Crippen LogP contribution < -0.4 is 21.5 Å². The first-order valence-electron chi connectivity index (χ1n) is 9.82. The Morgan fingerprint density at radius 2 is 1.70 bits per heavy atom. The summed E-state index contributed by atoms with van der Waals surface area (Å²) in [5, 5.41) is 3.40. The van der Waals surface area contributed by atoms with E-state index in [2.05, 4.69) is 20.3 Å². The molecule has 166 valence electrons. The molecule has 5 rings (SSSR count). The van der Waals surface area contributed by atoms with E-state index in [-0.39, 0.29) is 17.3 Å². The summed E-state index contributed by atoms with van der Waals surface area (Å²) in [4.78, 5) is 11.2. The Hall–Kier alpha value is -4.31. The van der Waals surface area contributed by atoms with Gasteiger partial charge in [-0.05, 0) is 60.2 Å². The minimum absolute atomic E-state index is 0.00966. The van der Waals surface area contributed by atoms with Gasteiger partial charge < -0.3 is 20.8 Å². The predicted octanol–water partition coefficient (Wildman–Crippen LogP) is 3.84. The Kier molecular flexibility index (Phi) is 4.79. The monoisotopic (exact) mass is 450 g/mol. The number of rotatable bonds is 4. The second-order valence-electron chi connectivity index (χ2n) is 7.43. The Morgan fingerprint density at radius 3 is 2.42 bits per heavy atom. The van der Waals surface area contributed by atoms with Crippen LogP contribution in [0.15, 0.2) is 72.0 Å². The van der Waals surface area contributed by atoms with Crippen molar-refractivity contribution in [3.63, 3.8) is 0 Å².